The Morgan fingerprint density at radius 1 is 1.33 bits per heavy atom. The van der Waals surface area contributed by atoms with Gasteiger partial charge in [0, 0.05) is 0 Å². The Balaban J connectivity index is 2.62. The highest BCUT2D eigenvalue weighted by atomic mass is 35.5. The Bertz CT molecular complexity index is 387. The number of hydrogen-bond donors (Lipinski definition) is 1. The largest absolute Gasteiger partial charge is 0.321 e. The molecule has 2 aromatic rings. The molecule has 1 aromatic heterocycles. The molecule has 0 spiro atoms. The first kappa shape index (κ1) is 7.24. The fraction of sp³-hybridized carbons (Fsp3) is 0. The molecule has 0 fully saturated rings. The molecule has 12 heavy (non-hydrogen) atoms. The first-order valence-corrected chi connectivity index (χ1v) is 3.71. The lowest BCUT2D eigenvalue weighted by molar-refractivity contribution is 1.18. The van der Waals surface area contributed by atoms with Gasteiger partial charge in [0.15, 0.2) is 0 Å². The molecule has 1 aromatic carbocycles. The molecule has 0 bridgehead atoms. The smallest absolute Gasteiger partial charge is 0.248 e. The lowest BCUT2D eigenvalue weighted by Gasteiger charge is -1.81. The molecule has 4 nitrogen and oxygen atoms in total. The number of rotatable bonds is 1. The summed E-state index contributed by atoms with van der Waals surface area (Å²) in [5.74, 6) is 0.422. The summed E-state index contributed by atoms with van der Waals surface area (Å²) in [5.41, 5.74) is 1.79. The fourth-order valence-electron chi connectivity index (χ4n) is 1.02. The van der Waals surface area contributed by atoms with Crippen molar-refractivity contribution in [2.75, 3.05) is 0 Å². The fourth-order valence-corrected chi connectivity index (χ4v) is 1.09. The molecule has 1 N–H and O–H groups in total. The summed E-state index contributed by atoms with van der Waals surface area (Å²) in [6, 6.07) is 7.63. The third-order valence-electron chi connectivity index (χ3n) is 1.51. The quantitative estimate of drug-likeness (QED) is 0.674. The van der Waals surface area contributed by atoms with Crippen molar-refractivity contribution >= 4 is 28.8 Å². The van der Waals surface area contributed by atoms with E-state index in [1.54, 1.807) is 0 Å². The van der Waals surface area contributed by atoms with Gasteiger partial charge in [-0.2, -0.15) is 0 Å². The number of H-pyrrole nitrogens is 1. The highest BCUT2D eigenvalue weighted by Crippen LogP contribution is 2.15. The summed E-state index contributed by atoms with van der Waals surface area (Å²) in [6.07, 6.45) is 0. The van der Waals surface area contributed by atoms with E-state index in [1.807, 2.05) is 24.3 Å². The van der Waals surface area contributed by atoms with Gasteiger partial charge in [-0.05, 0) is 12.1 Å². The average molecular weight is 181 g/mol. The van der Waals surface area contributed by atoms with E-state index in [1.165, 1.54) is 0 Å². The molecule has 0 saturated heterocycles. The Morgan fingerprint density at radius 2 is 2.17 bits per heavy atom. The second-order valence-electron chi connectivity index (χ2n) is 2.25. The van der Waals surface area contributed by atoms with E-state index in [0.717, 1.165) is 11.0 Å². The van der Waals surface area contributed by atoms with Gasteiger partial charge in [0.05, 0.1) is 22.8 Å². The second kappa shape index (κ2) is 2.91. The molecular weight excluding hydrogens is 176 g/mol. The number of imidazole rings is 1. The normalized spacial score (nSPS) is 11.4. The predicted octanol–water partition coefficient (Wildman–Crippen LogP) is 2.80. The van der Waals surface area contributed by atoms with Gasteiger partial charge in [-0.3, -0.25) is 0 Å². The van der Waals surface area contributed by atoms with Crippen LogP contribution in [0.2, 0.25) is 0 Å². The van der Waals surface area contributed by atoms with Gasteiger partial charge in [0.1, 0.15) is 0 Å². The molecule has 0 radical (unpaired) electrons. The van der Waals surface area contributed by atoms with Gasteiger partial charge < -0.3 is 4.98 Å². The molecule has 5 heteroatoms. The van der Waals surface area contributed by atoms with Crippen LogP contribution in [0.3, 0.4) is 0 Å². The summed E-state index contributed by atoms with van der Waals surface area (Å²) < 4.78 is 3.10. The molecule has 0 amide bonds. The number of benzene rings is 1. The van der Waals surface area contributed by atoms with Crippen molar-refractivity contribution in [3.63, 3.8) is 0 Å². The second-order valence-corrected chi connectivity index (χ2v) is 2.40. The van der Waals surface area contributed by atoms with E-state index in [9.17, 15) is 0 Å². The molecule has 60 valence electrons. The number of aromatic amines is 1. The highest BCUT2D eigenvalue weighted by Gasteiger charge is 1.98. The maximum atomic E-state index is 5.06. The van der Waals surface area contributed by atoms with Crippen LogP contribution < -0.4 is 0 Å². The molecular formula is C7H5ClN4. The summed E-state index contributed by atoms with van der Waals surface area (Å²) in [4.78, 5) is 7.04. The van der Waals surface area contributed by atoms with Gasteiger partial charge in [0.2, 0.25) is 5.95 Å². The third kappa shape index (κ3) is 1.16. The predicted molar refractivity (Wildman–Crippen MR) is 46.5 cm³/mol. The molecule has 2 rings (SSSR count). The molecule has 0 aliphatic rings. The van der Waals surface area contributed by atoms with E-state index >= 15 is 0 Å². The van der Waals surface area contributed by atoms with Crippen molar-refractivity contribution < 1.29 is 0 Å². The van der Waals surface area contributed by atoms with Crippen LogP contribution in [0.1, 0.15) is 0 Å². The van der Waals surface area contributed by atoms with Gasteiger partial charge in [-0.15, -0.1) is 0 Å². The first-order valence-electron chi connectivity index (χ1n) is 3.37. The number of fused-ring (bicyclic) bond motifs is 1. The van der Waals surface area contributed by atoms with Crippen LogP contribution >= 0.6 is 11.8 Å². The van der Waals surface area contributed by atoms with Crippen LogP contribution in [-0.2, 0) is 0 Å². The van der Waals surface area contributed by atoms with Crippen molar-refractivity contribution in [1.82, 2.24) is 9.97 Å². The van der Waals surface area contributed by atoms with Crippen molar-refractivity contribution in [2.24, 2.45) is 9.75 Å². The van der Waals surface area contributed by atoms with Crippen LogP contribution in [0.5, 0.6) is 0 Å². The Morgan fingerprint density at radius 3 is 2.92 bits per heavy atom. The van der Waals surface area contributed by atoms with Gasteiger partial charge in [0.25, 0.3) is 0 Å². The van der Waals surface area contributed by atoms with Crippen LogP contribution in [0, 0.1) is 0 Å². The Hall–Kier alpha value is -1.42. The van der Waals surface area contributed by atoms with Crippen molar-refractivity contribution in [3.05, 3.63) is 24.3 Å². The zero-order valence-corrected chi connectivity index (χ0v) is 6.78. The van der Waals surface area contributed by atoms with E-state index in [2.05, 4.69) is 19.7 Å². The zero-order chi connectivity index (χ0) is 8.39. The SMILES string of the molecule is ClN=Nc1nc2ccccc2[nH]1. The number of aromatic nitrogens is 2. The maximum absolute atomic E-state index is 5.06. The molecule has 0 unspecified atom stereocenters. The zero-order valence-electron chi connectivity index (χ0n) is 6.03. The lowest BCUT2D eigenvalue weighted by Crippen LogP contribution is -1.63. The minimum Gasteiger partial charge on any atom is -0.321 e. The summed E-state index contributed by atoms with van der Waals surface area (Å²) in [5, 5.41) is 3.57. The molecule has 0 saturated carbocycles. The molecule has 1 heterocycles. The van der Waals surface area contributed by atoms with E-state index < -0.39 is 0 Å². The minimum absolute atomic E-state index is 0.422. The van der Waals surface area contributed by atoms with Crippen molar-refractivity contribution in [1.29, 1.82) is 0 Å². The summed E-state index contributed by atoms with van der Waals surface area (Å²) in [7, 11) is 0. The first-order chi connectivity index (χ1) is 5.90. The van der Waals surface area contributed by atoms with Gasteiger partial charge in [-0.1, -0.05) is 21.9 Å². The molecule has 0 aliphatic carbocycles. The Labute approximate surface area is 73.4 Å². The average Bonchev–Trinajstić information content (AvgIpc) is 2.47. The van der Waals surface area contributed by atoms with Gasteiger partial charge >= 0.3 is 0 Å². The topological polar surface area (TPSA) is 53.4 Å². The maximum Gasteiger partial charge on any atom is 0.248 e. The van der Waals surface area contributed by atoms with Crippen molar-refractivity contribution in [2.45, 2.75) is 0 Å². The van der Waals surface area contributed by atoms with Crippen LogP contribution in [0.25, 0.3) is 11.0 Å². The summed E-state index contributed by atoms with van der Waals surface area (Å²) >= 11 is 5.06. The van der Waals surface area contributed by atoms with Crippen molar-refractivity contribution in [3.8, 4) is 0 Å². The number of halogens is 1. The molecule has 0 atom stereocenters. The number of nitrogens with zero attached hydrogens (tertiary/aromatic N) is 3. The number of hydrogen-bond acceptors (Lipinski definition) is 3. The van der Waals surface area contributed by atoms with E-state index in [-0.39, 0.29) is 0 Å². The van der Waals surface area contributed by atoms with Gasteiger partial charge in [-0.25, -0.2) is 4.98 Å². The summed E-state index contributed by atoms with van der Waals surface area (Å²) in [6.45, 7) is 0. The minimum atomic E-state index is 0.422. The van der Waals surface area contributed by atoms with E-state index in [4.69, 9.17) is 11.8 Å². The highest BCUT2D eigenvalue weighted by molar-refractivity contribution is 6.14. The Kier molecular flexibility index (Phi) is 1.75. The van der Waals surface area contributed by atoms with E-state index in [0.29, 0.717) is 5.95 Å². The van der Waals surface area contributed by atoms with Crippen LogP contribution in [-0.4, -0.2) is 9.97 Å². The molecule has 0 aliphatic heterocycles. The number of nitrogens with one attached hydrogen (secondary N) is 1. The standard InChI is InChI=1S/C7H5ClN4/c8-12-11-7-9-5-3-1-2-4-6(5)10-7/h1-4H,(H,9,10). The van der Waals surface area contributed by atoms with Crippen LogP contribution in [0.15, 0.2) is 34.0 Å². The third-order valence-corrected chi connectivity index (χ3v) is 1.58. The monoisotopic (exact) mass is 180 g/mol. The lowest BCUT2D eigenvalue weighted by atomic mass is 10.3. The number of para-hydroxylation sites is 2. The van der Waals surface area contributed by atoms with Crippen LogP contribution in [0.4, 0.5) is 5.95 Å².